The molecule has 0 saturated heterocycles. The quantitative estimate of drug-likeness (QED) is 0.552. The standard InChI is InChI=1S/C19H16N2O5/c1-12-9-18(23)26-16-10-14(7-8-15(12)16)25-11-17(22)20-21-19(24)13-5-3-2-4-6-13/h2-10H,11H2,1H3,(H,20,22)(H,21,24). The number of rotatable bonds is 4. The molecule has 2 N–H and O–H groups in total. The number of hydrogen-bond donors (Lipinski definition) is 2. The van der Waals surface area contributed by atoms with Crippen molar-refractivity contribution in [3.05, 3.63) is 76.1 Å². The van der Waals surface area contributed by atoms with Crippen LogP contribution in [0.3, 0.4) is 0 Å². The van der Waals surface area contributed by atoms with Crippen LogP contribution in [0, 0.1) is 6.92 Å². The predicted molar refractivity (Wildman–Crippen MR) is 94.8 cm³/mol. The summed E-state index contributed by atoms with van der Waals surface area (Å²) in [5.74, 6) is -0.585. The number of nitrogens with one attached hydrogen (secondary N) is 2. The zero-order valence-electron chi connectivity index (χ0n) is 13.9. The highest BCUT2D eigenvalue weighted by molar-refractivity contribution is 5.95. The molecule has 0 spiro atoms. The Bertz CT molecular complexity index is 1010. The monoisotopic (exact) mass is 352 g/mol. The average Bonchev–Trinajstić information content (AvgIpc) is 2.64. The molecule has 0 bridgehead atoms. The van der Waals surface area contributed by atoms with Crippen LogP contribution in [0.4, 0.5) is 0 Å². The third kappa shape index (κ3) is 4.07. The molecule has 2 amide bonds. The Morgan fingerprint density at radius 1 is 1.04 bits per heavy atom. The Hall–Kier alpha value is -3.61. The molecular formula is C19H16N2O5. The van der Waals surface area contributed by atoms with Gasteiger partial charge in [-0.15, -0.1) is 0 Å². The van der Waals surface area contributed by atoms with E-state index in [2.05, 4.69) is 10.9 Å². The molecule has 3 rings (SSSR count). The summed E-state index contributed by atoms with van der Waals surface area (Å²) in [5, 5.41) is 0.788. The zero-order chi connectivity index (χ0) is 18.5. The summed E-state index contributed by atoms with van der Waals surface area (Å²) in [4.78, 5) is 35.1. The average molecular weight is 352 g/mol. The largest absolute Gasteiger partial charge is 0.484 e. The first-order valence-electron chi connectivity index (χ1n) is 7.84. The maximum absolute atomic E-state index is 11.8. The smallest absolute Gasteiger partial charge is 0.336 e. The van der Waals surface area contributed by atoms with Crippen LogP contribution in [-0.4, -0.2) is 18.4 Å². The number of carbonyl (C=O) groups is 2. The van der Waals surface area contributed by atoms with Crippen LogP contribution in [0.1, 0.15) is 15.9 Å². The van der Waals surface area contributed by atoms with Crippen LogP contribution < -0.4 is 21.2 Å². The zero-order valence-corrected chi connectivity index (χ0v) is 13.9. The lowest BCUT2D eigenvalue weighted by Crippen LogP contribution is -2.43. The second-order valence-corrected chi connectivity index (χ2v) is 5.56. The molecule has 0 atom stereocenters. The topological polar surface area (TPSA) is 97.6 Å². The Morgan fingerprint density at radius 2 is 1.81 bits per heavy atom. The SMILES string of the molecule is Cc1cc(=O)oc2cc(OCC(=O)NNC(=O)c3ccccc3)ccc12. The van der Waals surface area contributed by atoms with Crippen LogP contribution in [0.15, 0.2) is 63.8 Å². The first kappa shape index (κ1) is 17.2. The number of aryl methyl sites for hydroxylation is 1. The van der Waals surface area contributed by atoms with Crippen LogP contribution >= 0.6 is 0 Å². The molecule has 0 radical (unpaired) electrons. The molecule has 0 unspecified atom stereocenters. The van der Waals surface area contributed by atoms with E-state index in [1.807, 2.05) is 6.92 Å². The van der Waals surface area contributed by atoms with Crippen LogP contribution in [0.2, 0.25) is 0 Å². The van der Waals surface area contributed by atoms with Gasteiger partial charge in [-0.1, -0.05) is 18.2 Å². The molecule has 1 heterocycles. The van der Waals surface area contributed by atoms with Crippen molar-refractivity contribution >= 4 is 22.8 Å². The molecule has 0 fully saturated rings. The molecule has 7 heteroatoms. The maximum Gasteiger partial charge on any atom is 0.336 e. The van der Waals surface area contributed by atoms with Gasteiger partial charge in [0.05, 0.1) is 0 Å². The number of hydrazine groups is 1. The number of hydrogen-bond acceptors (Lipinski definition) is 5. The summed E-state index contributed by atoms with van der Waals surface area (Å²) < 4.78 is 10.5. The molecule has 0 aliphatic carbocycles. The van der Waals surface area contributed by atoms with E-state index in [0.29, 0.717) is 16.9 Å². The van der Waals surface area contributed by atoms with Crippen molar-refractivity contribution in [3.8, 4) is 5.75 Å². The van der Waals surface area contributed by atoms with Gasteiger partial charge in [0, 0.05) is 23.1 Å². The van der Waals surface area contributed by atoms with Crippen molar-refractivity contribution in [1.29, 1.82) is 0 Å². The fraction of sp³-hybridized carbons (Fsp3) is 0.105. The molecule has 0 saturated carbocycles. The summed E-state index contributed by atoms with van der Waals surface area (Å²) in [6.45, 7) is 1.50. The third-order valence-corrected chi connectivity index (χ3v) is 3.64. The van der Waals surface area contributed by atoms with Crippen molar-refractivity contribution < 1.29 is 18.7 Å². The second-order valence-electron chi connectivity index (χ2n) is 5.56. The minimum absolute atomic E-state index is 0.309. The summed E-state index contributed by atoms with van der Waals surface area (Å²) >= 11 is 0. The van der Waals surface area contributed by atoms with Gasteiger partial charge in [0.1, 0.15) is 11.3 Å². The van der Waals surface area contributed by atoms with Crippen LogP contribution in [-0.2, 0) is 4.79 Å². The highest BCUT2D eigenvalue weighted by Gasteiger charge is 2.08. The molecule has 26 heavy (non-hydrogen) atoms. The fourth-order valence-corrected chi connectivity index (χ4v) is 2.37. The lowest BCUT2D eigenvalue weighted by Gasteiger charge is -2.09. The fourth-order valence-electron chi connectivity index (χ4n) is 2.37. The van der Waals surface area contributed by atoms with Gasteiger partial charge in [-0.25, -0.2) is 4.79 Å². The van der Waals surface area contributed by atoms with Crippen molar-refractivity contribution in [2.24, 2.45) is 0 Å². The van der Waals surface area contributed by atoms with Crippen molar-refractivity contribution in [2.75, 3.05) is 6.61 Å². The van der Waals surface area contributed by atoms with E-state index in [0.717, 1.165) is 10.9 Å². The number of carbonyl (C=O) groups excluding carboxylic acids is 2. The highest BCUT2D eigenvalue weighted by Crippen LogP contribution is 2.22. The predicted octanol–water partition coefficient (Wildman–Crippen LogP) is 1.94. The molecule has 0 aliphatic rings. The van der Waals surface area contributed by atoms with E-state index in [4.69, 9.17) is 9.15 Å². The summed E-state index contributed by atoms with van der Waals surface area (Å²) in [7, 11) is 0. The highest BCUT2D eigenvalue weighted by atomic mass is 16.5. The number of amides is 2. The van der Waals surface area contributed by atoms with E-state index in [1.54, 1.807) is 48.5 Å². The van der Waals surface area contributed by atoms with Crippen LogP contribution in [0.5, 0.6) is 5.75 Å². The Labute approximate surface area is 148 Å². The minimum Gasteiger partial charge on any atom is -0.484 e. The van der Waals surface area contributed by atoms with E-state index in [1.165, 1.54) is 6.07 Å². The van der Waals surface area contributed by atoms with Gasteiger partial charge in [-0.3, -0.25) is 20.4 Å². The molecule has 2 aromatic carbocycles. The van der Waals surface area contributed by atoms with Crippen molar-refractivity contribution in [3.63, 3.8) is 0 Å². The lowest BCUT2D eigenvalue weighted by molar-refractivity contribution is -0.123. The van der Waals surface area contributed by atoms with E-state index in [-0.39, 0.29) is 6.61 Å². The maximum atomic E-state index is 11.8. The van der Waals surface area contributed by atoms with Gasteiger partial charge in [-0.05, 0) is 36.8 Å². The summed E-state index contributed by atoms with van der Waals surface area (Å²) in [5.41, 5.74) is 5.72. The number of fused-ring (bicyclic) bond motifs is 1. The summed E-state index contributed by atoms with van der Waals surface area (Å²) in [6, 6.07) is 14.9. The lowest BCUT2D eigenvalue weighted by atomic mass is 10.1. The summed E-state index contributed by atoms with van der Waals surface area (Å²) in [6.07, 6.45) is 0. The van der Waals surface area contributed by atoms with E-state index >= 15 is 0 Å². The third-order valence-electron chi connectivity index (χ3n) is 3.64. The molecule has 3 aromatic rings. The van der Waals surface area contributed by atoms with Crippen LogP contribution in [0.25, 0.3) is 11.0 Å². The van der Waals surface area contributed by atoms with E-state index in [9.17, 15) is 14.4 Å². The molecule has 7 nitrogen and oxygen atoms in total. The first-order valence-corrected chi connectivity index (χ1v) is 7.84. The van der Waals surface area contributed by atoms with Gasteiger partial charge in [0.15, 0.2) is 6.61 Å². The Morgan fingerprint density at radius 3 is 2.58 bits per heavy atom. The normalized spacial score (nSPS) is 10.3. The van der Waals surface area contributed by atoms with Gasteiger partial charge in [-0.2, -0.15) is 0 Å². The van der Waals surface area contributed by atoms with E-state index < -0.39 is 17.4 Å². The first-order chi connectivity index (χ1) is 12.5. The molecule has 1 aromatic heterocycles. The second kappa shape index (κ2) is 7.52. The molecule has 132 valence electrons. The minimum atomic E-state index is -0.528. The molecule has 0 aliphatic heterocycles. The van der Waals surface area contributed by atoms with Gasteiger partial charge < -0.3 is 9.15 Å². The Balaban J connectivity index is 1.57. The van der Waals surface area contributed by atoms with Gasteiger partial charge in [0.25, 0.3) is 11.8 Å². The van der Waals surface area contributed by atoms with Crippen molar-refractivity contribution in [2.45, 2.75) is 6.92 Å². The van der Waals surface area contributed by atoms with Gasteiger partial charge >= 0.3 is 5.63 Å². The van der Waals surface area contributed by atoms with Crippen molar-refractivity contribution in [1.82, 2.24) is 10.9 Å². The Kier molecular flexibility index (Phi) is 4.98. The van der Waals surface area contributed by atoms with Gasteiger partial charge in [0.2, 0.25) is 0 Å². The number of benzene rings is 2. The number of ether oxygens (including phenoxy) is 1. The molecular weight excluding hydrogens is 336 g/mol.